The molecule has 0 heterocycles. The Kier molecular flexibility index (Phi) is 10.3. The first-order valence-electron chi connectivity index (χ1n) is 13.2. The van der Waals surface area contributed by atoms with E-state index in [1.54, 1.807) is 4.90 Å². The van der Waals surface area contributed by atoms with Crippen molar-refractivity contribution in [3.63, 3.8) is 0 Å². The van der Waals surface area contributed by atoms with Gasteiger partial charge in [0.25, 0.3) is 5.91 Å². The smallest absolute Gasteiger partial charge is 0.261 e. The molecule has 0 bridgehead atoms. The molecule has 0 aromatic heterocycles. The maximum absolute atomic E-state index is 13.8. The predicted molar refractivity (Wildman–Crippen MR) is 149 cm³/mol. The lowest BCUT2D eigenvalue weighted by Crippen LogP contribution is -2.51. The number of amides is 2. The number of carbonyl (C=O) groups excluding carboxylic acids is 2. The topological polar surface area (TPSA) is 58.6 Å². The molecule has 2 amide bonds. The molecular formula is C32H40N2O3. The zero-order valence-electron chi connectivity index (χ0n) is 22.6. The van der Waals surface area contributed by atoms with Crippen LogP contribution in [0, 0.1) is 0 Å². The maximum atomic E-state index is 13.8. The van der Waals surface area contributed by atoms with Gasteiger partial charge < -0.3 is 15.0 Å². The molecule has 0 saturated heterocycles. The lowest BCUT2D eigenvalue weighted by molar-refractivity contribution is -0.142. The fourth-order valence-corrected chi connectivity index (χ4v) is 4.27. The third-order valence-electron chi connectivity index (χ3n) is 6.34. The first-order chi connectivity index (χ1) is 17.8. The summed E-state index contributed by atoms with van der Waals surface area (Å²) >= 11 is 0. The molecule has 0 aliphatic rings. The van der Waals surface area contributed by atoms with Crippen molar-refractivity contribution in [1.82, 2.24) is 10.2 Å². The maximum Gasteiger partial charge on any atom is 0.261 e. The van der Waals surface area contributed by atoms with Crippen LogP contribution in [0.5, 0.6) is 5.75 Å². The van der Waals surface area contributed by atoms with Crippen LogP contribution in [0.3, 0.4) is 0 Å². The van der Waals surface area contributed by atoms with Gasteiger partial charge in [-0.25, -0.2) is 0 Å². The van der Waals surface area contributed by atoms with Crippen LogP contribution < -0.4 is 10.1 Å². The minimum Gasteiger partial charge on any atom is -0.483 e. The molecule has 196 valence electrons. The SMILES string of the molecule is CCCCNC(=O)[C@H](Cc1ccccc1)N(Cc1ccccc1)C(=O)COc1ccccc1C(C)(C)C. The van der Waals surface area contributed by atoms with Crippen LogP contribution in [-0.2, 0) is 28.0 Å². The molecule has 3 aromatic carbocycles. The fraction of sp³-hybridized carbons (Fsp3) is 0.375. The van der Waals surface area contributed by atoms with Gasteiger partial charge >= 0.3 is 0 Å². The van der Waals surface area contributed by atoms with E-state index in [1.165, 1.54) is 0 Å². The lowest BCUT2D eigenvalue weighted by Gasteiger charge is -2.32. The predicted octanol–water partition coefficient (Wildman–Crippen LogP) is 5.92. The van der Waals surface area contributed by atoms with Crippen LogP contribution in [0.4, 0.5) is 0 Å². The number of rotatable bonds is 12. The molecule has 0 saturated carbocycles. The number of para-hydroxylation sites is 1. The minimum atomic E-state index is -0.659. The highest BCUT2D eigenvalue weighted by Crippen LogP contribution is 2.31. The van der Waals surface area contributed by atoms with Crippen molar-refractivity contribution < 1.29 is 14.3 Å². The van der Waals surface area contributed by atoms with Crippen molar-refractivity contribution in [2.45, 2.75) is 65.0 Å². The molecule has 5 heteroatoms. The first kappa shape index (κ1) is 28.0. The Hall–Kier alpha value is -3.60. The van der Waals surface area contributed by atoms with Crippen LogP contribution in [0.15, 0.2) is 84.9 Å². The molecule has 0 aliphatic carbocycles. The average molecular weight is 501 g/mol. The summed E-state index contributed by atoms with van der Waals surface area (Å²) in [5.41, 5.74) is 2.88. The summed E-state index contributed by atoms with van der Waals surface area (Å²) in [6.45, 7) is 9.21. The van der Waals surface area contributed by atoms with E-state index < -0.39 is 6.04 Å². The molecule has 3 aromatic rings. The van der Waals surface area contributed by atoms with Crippen LogP contribution in [0.2, 0.25) is 0 Å². The molecule has 0 unspecified atom stereocenters. The quantitative estimate of drug-likeness (QED) is 0.314. The van der Waals surface area contributed by atoms with Gasteiger partial charge in [0.05, 0.1) is 0 Å². The summed E-state index contributed by atoms with van der Waals surface area (Å²) in [6.07, 6.45) is 2.30. The number of hydrogen-bond donors (Lipinski definition) is 1. The molecule has 5 nitrogen and oxygen atoms in total. The Labute approximate surface area is 221 Å². The van der Waals surface area contributed by atoms with Crippen LogP contribution in [0.25, 0.3) is 0 Å². The van der Waals surface area contributed by atoms with Gasteiger partial charge in [0.15, 0.2) is 6.61 Å². The number of nitrogens with one attached hydrogen (secondary N) is 1. The zero-order chi connectivity index (χ0) is 26.7. The Morgan fingerprint density at radius 1 is 0.865 bits per heavy atom. The number of nitrogens with zero attached hydrogens (tertiary/aromatic N) is 1. The molecular weight excluding hydrogens is 460 g/mol. The Morgan fingerprint density at radius 3 is 2.08 bits per heavy atom. The molecule has 0 fully saturated rings. The average Bonchev–Trinajstić information content (AvgIpc) is 2.90. The number of unbranched alkanes of at least 4 members (excludes halogenated alkanes) is 1. The summed E-state index contributed by atoms with van der Waals surface area (Å²) in [7, 11) is 0. The molecule has 0 aliphatic heterocycles. The molecule has 1 N–H and O–H groups in total. The van der Waals surface area contributed by atoms with Crippen LogP contribution >= 0.6 is 0 Å². The largest absolute Gasteiger partial charge is 0.483 e. The van der Waals surface area contributed by atoms with Crippen molar-refractivity contribution in [3.8, 4) is 5.75 Å². The minimum absolute atomic E-state index is 0.127. The van der Waals surface area contributed by atoms with Gasteiger partial charge in [-0.05, 0) is 34.6 Å². The van der Waals surface area contributed by atoms with Gasteiger partial charge in [-0.2, -0.15) is 0 Å². The summed E-state index contributed by atoms with van der Waals surface area (Å²) in [4.78, 5) is 28.9. The molecule has 37 heavy (non-hydrogen) atoms. The van der Waals surface area contributed by atoms with E-state index in [4.69, 9.17) is 4.74 Å². The van der Waals surface area contributed by atoms with E-state index in [1.807, 2.05) is 84.9 Å². The van der Waals surface area contributed by atoms with E-state index in [9.17, 15) is 9.59 Å². The van der Waals surface area contributed by atoms with Gasteiger partial charge in [-0.15, -0.1) is 0 Å². The highest BCUT2D eigenvalue weighted by atomic mass is 16.5. The fourth-order valence-electron chi connectivity index (χ4n) is 4.27. The Balaban J connectivity index is 1.90. The standard InChI is InChI=1S/C32H40N2O3/c1-5-6-21-33-31(36)28(22-25-15-9-7-10-16-25)34(23-26-17-11-8-12-18-26)30(35)24-37-29-20-14-13-19-27(29)32(2,3)4/h7-20,28H,5-6,21-24H2,1-4H3,(H,33,36)/t28-/m0/s1. The summed E-state index contributed by atoms with van der Waals surface area (Å²) in [5, 5.41) is 3.05. The van der Waals surface area contributed by atoms with E-state index >= 15 is 0 Å². The highest BCUT2D eigenvalue weighted by Gasteiger charge is 2.31. The van der Waals surface area contributed by atoms with E-state index in [-0.39, 0.29) is 23.8 Å². The van der Waals surface area contributed by atoms with Gasteiger partial charge in [-0.3, -0.25) is 9.59 Å². The van der Waals surface area contributed by atoms with Gasteiger partial charge in [-0.1, -0.05) is 113 Å². The summed E-state index contributed by atoms with van der Waals surface area (Å²) < 4.78 is 6.10. The Morgan fingerprint density at radius 2 is 1.46 bits per heavy atom. The number of carbonyl (C=O) groups is 2. The van der Waals surface area contributed by atoms with E-state index in [0.717, 1.165) is 29.5 Å². The highest BCUT2D eigenvalue weighted by molar-refractivity contribution is 5.88. The molecule has 1 atom stereocenters. The third kappa shape index (κ3) is 8.49. The van der Waals surface area contributed by atoms with Gasteiger partial charge in [0.2, 0.25) is 5.91 Å². The lowest BCUT2D eigenvalue weighted by atomic mass is 9.86. The van der Waals surface area contributed by atoms with Crippen LogP contribution in [0.1, 0.15) is 57.2 Å². The molecule has 0 radical (unpaired) electrons. The molecule has 3 rings (SSSR count). The summed E-state index contributed by atoms with van der Waals surface area (Å²) in [6, 6.07) is 26.8. The van der Waals surface area contributed by atoms with Crippen molar-refractivity contribution in [1.29, 1.82) is 0 Å². The number of hydrogen-bond acceptors (Lipinski definition) is 3. The van der Waals surface area contributed by atoms with Crippen LogP contribution in [-0.4, -0.2) is 35.9 Å². The van der Waals surface area contributed by atoms with Gasteiger partial charge in [0, 0.05) is 19.5 Å². The van der Waals surface area contributed by atoms with Crippen molar-refractivity contribution in [2.24, 2.45) is 0 Å². The number of benzene rings is 3. The van der Waals surface area contributed by atoms with Crippen molar-refractivity contribution >= 4 is 11.8 Å². The normalized spacial score (nSPS) is 12.0. The molecule has 0 spiro atoms. The second-order valence-electron chi connectivity index (χ2n) is 10.4. The van der Waals surface area contributed by atoms with Gasteiger partial charge in [0.1, 0.15) is 11.8 Å². The second-order valence-corrected chi connectivity index (χ2v) is 10.4. The van der Waals surface area contributed by atoms with E-state index in [2.05, 4.69) is 33.0 Å². The second kappa shape index (κ2) is 13.6. The zero-order valence-corrected chi connectivity index (χ0v) is 22.6. The summed E-state index contributed by atoms with van der Waals surface area (Å²) in [5.74, 6) is 0.325. The third-order valence-corrected chi connectivity index (χ3v) is 6.34. The van der Waals surface area contributed by atoms with Crippen molar-refractivity contribution in [3.05, 3.63) is 102 Å². The van der Waals surface area contributed by atoms with E-state index in [0.29, 0.717) is 25.3 Å². The number of ether oxygens (including phenoxy) is 1. The Bertz CT molecular complexity index is 1120. The van der Waals surface area contributed by atoms with Crippen molar-refractivity contribution in [2.75, 3.05) is 13.2 Å². The monoisotopic (exact) mass is 500 g/mol. The first-order valence-corrected chi connectivity index (χ1v) is 13.2.